The molecule has 4 heteroatoms. The molecule has 0 N–H and O–H groups in total. The van der Waals surface area contributed by atoms with Crippen molar-refractivity contribution in [2.75, 3.05) is 6.79 Å². The molecule has 0 aromatic heterocycles. The average Bonchev–Trinajstić information content (AvgIpc) is 2.38. The topological polar surface area (TPSA) is 35.5 Å². The molecule has 0 heterocycles. The Bertz CT molecular complexity index is 444. The number of carbonyl (C=O) groups is 1. The zero-order valence-electron chi connectivity index (χ0n) is 13.0. The van der Waals surface area contributed by atoms with E-state index < -0.39 is 5.41 Å². The van der Waals surface area contributed by atoms with E-state index in [2.05, 4.69) is 23.1 Å². The molecule has 0 amide bonds. The second-order valence-corrected chi connectivity index (χ2v) is 7.51. The first-order valence-electron chi connectivity index (χ1n) is 6.86. The van der Waals surface area contributed by atoms with Gasteiger partial charge in [0, 0.05) is 5.16 Å². The molecule has 1 rings (SSSR count). The van der Waals surface area contributed by atoms with Gasteiger partial charge in [0.2, 0.25) is 6.79 Å². The third-order valence-corrected chi connectivity index (χ3v) is 4.02. The zero-order chi connectivity index (χ0) is 15.4. The van der Waals surface area contributed by atoms with Crippen LogP contribution in [0.1, 0.15) is 46.6 Å². The van der Waals surface area contributed by atoms with E-state index in [0.717, 1.165) is 6.42 Å². The van der Waals surface area contributed by atoms with Gasteiger partial charge in [0.15, 0.2) is 0 Å². The number of carbonyl (C=O) groups excluding carboxylic acids is 1. The molecule has 0 saturated carbocycles. The van der Waals surface area contributed by atoms with Gasteiger partial charge in [-0.25, -0.2) is 0 Å². The Morgan fingerprint density at radius 1 is 1.15 bits per heavy atom. The van der Waals surface area contributed by atoms with Gasteiger partial charge in [-0.05, 0) is 44.9 Å². The maximum atomic E-state index is 11.6. The largest absolute Gasteiger partial charge is 0.457 e. The summed E-state index contributed by atoms with van der Waals surface area (Å²) in [5, 5.41) is 0.0806. The van der Waals surface area contributed by atoms with Crippen molar-refractivity contribution in [3.05, 3.63) is 29.8 Å². The quantitative estimate of drug-likeness (QED) is 0.466. The molecule has 1 aromatic rings. The van der Waals surface area contributed by atoms with Gasteiger partial charge in [-0.2, -0.15) is 0 Å². The van der Waals surface area contributed by atoms with Crippen molar-refractivity contribution in [2.45, 2.75) is 46.2 Å². The van der Waals surface area contributed by atoms with Gasteiger partial charge in [-0.15, -0.1) is 9.24 Å². The van der Waals surface area contributed by atoms with Gasteiger partial charge in [0.05, 0.1) is 5.41 Å². The predicted molar refractivity (Wildman–Crippen MR) is 84.8 cm³/mol. The molecule has 0 aliphatic carbocycles. The fourth-order valence-electron chi connectivity index (χ4n) is 1.50. The number of rotatable bonds is 5. The number of hydrogen-bond acceptors (Lipinski definition) is 3. The number of esters is 1. The lowest BCUT2D eigenvalue weighted by molar-refractivity contribution is -0.159. The molecule has 2 atom stereocenters. The van der Waals surface area contributed by atoms with Gasteiger partial charge in [0.25, 0.3) is 0 Å². The molecular weight excluding hydrogens is 271 g/mol. The minimum Gasteiger partial charge on any atom is -0.457 e. The van der Waals surface area contributed by atoms with E-state index in [1.807, 2.05) is 45.0 Å². The van der Waals surface area contributed by atoms with E-state index in [1.165, 1.54) is 5.56 Å². The molecule has 1 aromatic carbocycles. The Labute approximate surface area is 124 Å². The maximum absolute atomic E-state index is 11.6. The summed E-state index contributed by atoms with van der Waals surface area (Å²) >= 11 is 0. The van der Waals surface area contributed by atoms with Crippen molar-refractivity contribution in [1.82, 2.24) is 0 Å². The lowest BCUT2D eigenvalue weighted by Crippen LogP contribution is -2.24. The van der Waals surface area contributed by atoms with Crippen LogP contribution >= 0.6 is 9.24 Å². The smallest absolute Gasteiger partial charge is 0.314 e. The highest BCUT2D eigenvalue weighted by atomic mass is 31.0. The van der Waals surface area contributed by atoms with Crippen molar-refractivity contribution >= 4 is 15.2 Å². The fourth-order valence-corrected chi connectivity index (χ4v) is 1.70. The Hall–Kier alpha value is -1.08. The van der Waals surface area contributed by atoms with Crippen molar-refractivity contribution in [2.24, 2.45) is 5.41 Å². The molecule has 0 fully saturated rings. The van der Waals surface area contributed by atoms with Gasteiger partial charge >= 0.3 is 5.97 Å². The van der Waals surface area contributed by atoms with Crippen LogP contribution < -0.4 is 4.74 Å². The van der Waals surface area contributed by atoms with E-state index in [1.54, 1.807) is 0 Å². The summed E-state index contributed by atoms with van der Waals surface area (Å²) in [6, 6.07) is 7.88. The Morgan fingerprint density at radius 3 is 2.15 bits per heavy atom. The molecule has 3 nitrogen and oxygen atoms in total. The first-order chi connectivity index (χ1) is 9.16. The van der Waals surface area contributed by atoms with Gasteiger partial charge in [-0.1, -0.05) is 26.0 Å². The molecule has 0 radical (unpaired) electrons. The lowest BCUT2D eigenvalue weighted by Gasteiger charge is -2.23. The third-order valence-electron chi connectivity index (χ3n) is 3.28. The molecule has 0 saturated heterocycles. The summed E-state index contributed by atoms with van der Waals surface area (Å²) in [5.41, 5.74) is 0.735. The summed E-state index contributed by atoms with van der Waals surface area (Å²) in [5.74, 6) is 0.435. The first kappa shape index (κ1) is 17.0. The van der Waals surface area contributed by atoms with Gasteiger partial charge in [0.1, 0.15) is 5.75 Å². The van der Waals surface area contributed by atoms with Crippen LogP contribution in [-0.4, -0.2) is 12.8 Å². The normalized spacial score (nSPS) is 14.5. The Kier molecular flexibility index (Phi) is 5.59. The lowest BCUT2D eigenvalue weighted by atomic mass is 9.97. The second kappa shape index (κ2) is 6.58. The van der Waals surface area contributed by atoms with Gasteiger partial charge in [-0.3, -0.25) is 4.79 Å². The van der Waals surface area contributed by atoms with Crippen molar-refractivity contribution in [1.29, 1.82) is 0 Å². The second-order valence-electron chi connectivity index (χ2n) is 6.24. The van der Waals surface area contributed by atoms with Crippen LogP contribution in [0, 0.1) is 5.41 Å². The molecule has 112 valence electrons. The molecule has 0 spiro atoms. The van der Waals surface area contributed by atoms with E-state index in [0.29, 0.717) is 5.75 Å². The Morgan fingerprint density at radius 2 is 1.70 bits per heavy atom. The molecule has 0 aliphatic rings. The van der Waals surface area contributed by atoms with Crippen LogP contribution in [-0.2, 0) is 14.7 Å². The van der Waals surface area contributed by atoms with Crippen LogP contribution in [0.15, 0.2) is 24.3 Å². The minimum atomic E-state index is -0.504. The highest BCUT2D eigenvalue weighted by Crippen LogP contribution is 2.34. The van der Waals surface area contributed by atoms with Crippen LogP contribution in [0.5, 0.6) is 5.75 Å². The summed E-state index contributed by atoms with van der Waals surface area (Å²) in [7, 11) is 2.87. The molecule has 0 aliphatic heterocycles. The van der Waals surface area contributed by atoms with Crippen LogP contribution in [0.2, 0.25) is 0 Å². The molecular formula is C16H25O3P. The van der Waals surface area contributed by atoms with Crippen molar-refractivity contribution < 1.29 is 14.3 Å². The van der Waals surface area contributed by atoms with E-state index in [4.69, 9.17) is 9.47 Å². The number of ether oxygens (including phenoxy) is 2. The highest BCUT2D eigenvalue weighted by Gasteiger charge is 2.23. The Balaban J connectivity index is 2.53. The zero-order valence-corrected chi connectivity index (χ0v) is 14.2. The van der Waals surface area contributed by atoms with Crippen molar-refractivity contribution in [3.8, 4) is 5.75 Å². The molecule has 20 heavy (non-hydrogen) atoms. The molecule has 2 unspecified atom stereocenters. The monoisotopic (exact) mass is 296 g/mol. The number of benzene rings is 1. The minimum absolute atomic E-state index is 0.0542. The summed E-state index contributed by atoms with van der Waals surface area (Å²) < 4.78 is 10.5. The van der Waals surface area contributed by atoms with Gasteiger partial charge < -0.3 is 9.47 Å². The van der Waals surface area contributed by atoms with E-state index >= 15 is 0 Å². The molecule has 0 bridgehead atoms. The standard InChI is InChI=1S/C16H25O3P/c1-6-16(5,20)12-7-9-13(10-8-12)18-11-19-14(17)15(2,3)4/h7-10H,6,11,20H2,1-5H3. The number of hydrogen-bond donors (Lipinski definition) is 0. The third kappa shape index (κ3) is 4.79. The van der Waals surface area contributed by atoms with E-state index in [9.17, 15) is 4.79 Å². The van der Waals surface area contributed by atoms with Crippen molar-refractivity contribution in [3.63, 3.8) is 0 Å². The predicted octanol–water partition coefficient (Wildman–Crippen LogP) is 4.11. The van der Waals surface area contributed by atoms with Crippen LogP contribution in [0.25, 0.3) is 0 Å². The SMILES string of the molecule is CCC(C)(P)c1ccc(OCOC(=O)C(C)(C)C)cc1. The van der Waals surface area contributed by atoms with Crippen LogP contribution in [0.4, 0.5) is 0 Å². The van der Waals surface area contributed by atoms with E-state index in [-0.39, 0.29) is 17.9 Å². The first-order valence-corrected chi connectivity index (χ1v) is 7.44. The summed E-state index contributed by atoms with van der Waals surface area (Å²) in [4.78, 5) is 11.6. The average molecular weight is 296 g/mol. The summed E-state index contributed by atoms with van der Waals surface area (Å²) in [6.07, 6.45) is 1.04. The summed E-state index contributed by atoms with van der Waals surface area (Å²) in [6.45, 7) is 9.72. The van der Waals surface area contributed by atoms with Crippen LogP contribution in [0.3, 0.4) is 0 Å². The highest BCUT2D eigenvalue weighted by molar-refractivity contribution is 7.18. The maximum Gasteiger partial charge on any atom is 0.314 e. The fraction of sp³-hybridized carbons (Fsp3) is 0.562.